The first-order valence-corrected chi connectivity index (χ1v) is 8.63. The Morgan fingerprint density at radius 3 is 2.64 bits per heavy atom. The number of methoxy groups -OCH3 is 1. The van der Waals surface area contributed by atoms with Gasteiger partial charge in [-0.3, -0.25) is 9.88 Å². The Kier molecular flexibility index (Phi) is 4.36. The average molecular weight is 336 g/mol. The maximum atomic E-state index is 14.0. The Labute approximate surface area is 147 Å². The van der Waals surface area contributed by atoms with Crippen molar-refractivity contribution >= 4 is 10.9 Å². The van der Waals surface area contributed by atoms with Gasteiger partial charge >= 0.3 is 0 Å². The van der Waals surface area contributed by atoms with Gasteiger partial charge in [-0.2, -0.15) is 0 Å². The molecule has 0 amide bonds. The van der Waals surface area contributed by atoms with Crippen LogP contribution in [0.4, 0.5) is 4.39 Å². The van der Waals surface area contributed by atoms with Crippen LogP contribution >= 0.6 is 0 Å². The fraction of sp³-hybridized carbons (Fsp3) is 0.286. The molecule has 4 heteroatoms. The quantitative estimate of drug-likeness (QED) is 0.660. The summed E-state index contributed by atoms with van der Waals surface area (Å²) in [6.07, 6.45) is 4.18. The number of benzene rings is 2. The van der Waals surface area contributed by atoms with E-state index in [2.05, 4.69) is 22.0 Å². The second kappa shape index (κ2) is 6.81. The van der Waals surface area contributed by atoms with E-state index in [4.69, 9.17) is 4.74 Å². The van der Waals surface area contributed by atoms with Crippen LogP contribution in [0.5, 0.6) is 5.75 Å². The van der Waals surface area contributed by atoms with Gasteiger partial charge < -0.3 is 4.74 Å². The molecule has 0 aliphatic heterocycles. The molecule has 128 valence electrons. The smallest absolute Gasteiger partial charge is 0.124 e. The minimum absolute atomic E-state index is 0.198. The van der Waals surface area contributed by atoms with Crippen LogP contribution in [-0.2, 0) is 13.1 Å². The number of nitrogens with zero attached hydrogens (tertiary/aromatic N) is 2. The molecule has 0 N–H and O–H groups in total. The first-order valence-electron chi connectivity index (χ1n) is 8.63. The summed E-state index contributed by atoms with van der Waals surface area (Å²) in [6.45, 7) is 1.56. The summed E-state index contributed by atoms with van der Waals surface area (Å²) >= 11 is 0. The number of fused-ring (bicyclic) bond motifs is 1. The number of halogens is 1. The second-order valence-corrected chi connectivity index (χ2v) is 6.62. The van der Waals surface area contributed by atoms with Crippen molar-refractivity contribution in [2.75, 3.05) is 7.11 Å². The van der Waals surface area contributed by atoms with Crippen molar-refractivity contribution < 1.29 is 9.13 Å². The van der Waals surface area contributed by atoms with Gasteiger partial charge in [-0.1, -0.05) is 18.2 Å². The molecule has 1 aliphatic carbocycles. The van der Waals surface area contributed by atoms with Crippen LogP contribution < -0.4 is 4.74 Å². The summed E-state index contributed by atoms with van der Waals surface area (Å²) in [6, 6.07) is 15.7. The number of rotatable bonds is 6. The molecule has 0 unspecified atom stereocenters. The van der Waals surface area contributed by atoms with Crippen molar-refractivity contribution in [2.45, 2.75) is 32.0 Å². The van der Waals surface area contributed by atoms with Gasteiger partial charge in [0.15, 0.2) is 0 Å². The van der Waals surface area contributed by atoms with Crippen molar-refractivity contribution in [3.05, 3.63) is 71.7 Å². The molecule has 1 saturated carbocycles. The zero-order valence-electron chi connectivity index (χ0n) is 14.3. The zero-order valence-corrected chi connectivity index (χ0v) is 14.3. The fourth-order valence-corrected chi connectivity index (χ4v) is 3.29. The Hall–Kier alpha value is -2.46. The van der Waals surface area contributed by atoms with Gasteiger partial charge in [0, 0.05) is 30.7 Å². The van der Waals surface area contributed by atoms with Gasteiger partial charge in [0.2, 0.25) is 0 Å². The molecule has 1 heterocycles. The van der Waals surface area contributed by atoms with Crippen LogP contribution in [0.1, 0.15) is 24.0 Å². The summed E-state index contributed by atoms with van der Waals surface area (Å²) in [5.74, 6) is 0.665. The molecule has 1 aliphatic rings. The lowest BCUT2D eigenvalue weighted by Crippen LogP contribution is -2.25. The van der Waals surface area contributed by atoms with Gasteiger partial charge in [0.05, 0.1) is 12.6 Å². The Bertz CT molecular complexity index is 875. The lowest BCUT2D eigenvalue weighted by Gasteiger charge is -2.23. The number of hydrogen-bond acceptors (Lipinski definition) is 3. The molecule has 0 radical (unpaired) electrons. The van der Waals surface area contributed by atoms with E-state index in [1.54, 1.807) is 25.4 Å². The lowest BCUT2D eigenvalue weighted by atomic mass is 10.1. The lowest BCUT2D eigenvalue weighted by molar-refractivity contribution is 0.246. The van der Waals surface area contributed by atoms with Crippen LogP contribution in [0.3, 0.4) is 0 Å². The summed E-state index contributed by atoms with van der Waals surface area (Å²) in [7, 11) is 1.67. The van der Waals surface area contributed by atoms with E-state index >= 15 is 0 Å². The van der Waals surface area contributed by atoms with Crippen molar-refractivity contribution in [3.63, 3.8) is 0 Å². The molecule has 1 aromatic heterocycles. The van der Waals surface area contributed by atoms with Gasteiger partial charge in [-0.05, 0) is 54.3 Å². The summed E-state index contributed by atoms with van der Waals surface area (Å²) < 4.78 is 19.2. The summed E-state index contributed by atoms with van der Waals surface area (Å²) in [5, 5.41) is 0.859. The van der Waals surface area contributed by atoms with Gasteiger partial charge in [-0.25, -0.2) is 4.39 Å². The summed E-state index contributed by atoms with van der Waals surface area (Å²) in [4.78, 5) is 6.90. The second-order valence-electron chi connectivity index (χ2n) is 6.62. The average Bonchev–Trinajstić information content (AvgIpc) is 3.47. The molecule has 4 rings (SSSR count). The normalized spacial score (nSPS) is 14.2. The molecule has 0 atom stereocenters. The molecule has 25 heavy (non-hydrogen) atoms. The standard InChI is InChI=1S/C21H21FN2O/c1-25-20-8-4-15(5-9-20)13-24(19-6-7-19)14-17-12-18(22)11-16-3-2-10-23-21(16)17/h2-5,8-12,19H,6-7,13-14H2,1H3. The Morgan fingerprint density at radius 2 is 1.92 bits per heavy atom. The third-order valence-corrected chi connectivity index (χ3v) is 4.73. The van der Waals surface area contributed by atoms with E-state index in [0.717, 1.165) is 28.8 Å². The van der Waals surface area contributed by atoms with Gasteiger partial charge in [-0.15, -0.1) is 0 Å². The van der Waals surface area contributed by atoms with Crippen molar-refractivity contribution in [1.82, 2.24) is 9.88 Å². The van der Waals surface area contributed by atoms with E-state index in [1.165, 1.54) is 18.4 Å². The molecule has 1 fully saturated rings. The Morgan fingerprint density at radius 1 is 1.12 bits per heavy atom. The molecule has 0 spiro atoms. The first kappa shape index (κ1) is 16.0. The molecule has 3 aromatic rings. The SMILES string of the molecule is COc1ccc(CN(Cc2cc(F)cc3cccnc23)C2CC2)cc1. The van der Waals surface area contributed by atoms with Crippen molar-refractivity contribution in [2.24, 2.45) is 0 Å². The van der Waals surface area contributed by atoms with Crippen LogP contribution in [0, 0.1) is 5.82 Å². The molecule has 3 nitrogen and oxygen atoms in total. The highest BCUT2D eigenvalue weighted by atomic mass is 19.1. The zero-order chi connectivity index (χ0) is 17.2. The van der Waals surface area contributed by atoms with E-state index < -0.39 is 0 Å². The third kappa shape index (κ3) is 3.64. The van der Waals surface area contributed by atoms with E-state index in [0.29, 0.717) is 12.6 Å². The van der Waals surface area contributed by atoms with Crippen LogP contribution in [-0.4, -0.2) is 23.0 Å². The van der Waals surface area contributed by atoms with E-state index in [1.807, 2.05) is 24.3 Å². The monoisotopic (exact) mass is 336 g/mol. The minimum atomic E-state index is -0.198. The highest BCUT2D eigenvalue weighted by Crippen LogP contribution is 2.31. The minimum Gasteiger partial charge on any atom is -0.497 e. The summed E-state index contributed by atoms with van der Waals surface area (Å²) in [5.41, 5.74) is 3.08. The van der Waals surface area contributed by atoms with E-state index in [9.17, 15) is 4.39 Å². The number of aromatic nitrogens is 1. The predicted octanol–water partition coefficient (Wildman–Crippen LogP) is 4.55. The fourth-order valence-electron chi connectivity index (χ4n) is 3.29. The molecular formula is C21H21FN2O. The number of hydrogen-bond donors (Lipinski definition) is 0. The molecule has 0 bridgehead atoms. The third-order valence-electron chi connectivity index (χ3n) is 4.73. The molecular weight excluding hydrogens is 315 g/mol. The van der Waals surface area contributed by atoms with Crippen molar-refractivity contribution in [1.29, 1.82) is 0 Å². The maximum Gasteiger partial charge on any atom is 0.124 e. The predicted molar refractivity (Wildman–Crippen MR) is 97.0 cm³/mol. The first-order chi connectivity index (χ1) is 12.2. The van der Waals surface area contributed by atoms with Gasteiger partial charge in [0.1, 0.15) is 11.6 Å². The van der Waals surface area contributed by atoms with Crippen LogP contribution in [0.2, 0.25) is 0 Å². The van der Waals surface area contributed by atoms with Gasteiger partial charge in [0.25, 0.3) is 0 Å². The molecule has 2 aromatic carbocycles. The topological polar surface area (TPSA) is 25.4 Å². The molecule has 0 saturated heterocycles. The Balaban J connectivity index is 1.60. The number of ether oxygens (including phenoxy) is 1. The van der Waals surface area contributed by atoms with Crippen LogP contribution in [0.15, 0.2) is 54.7 Å². The number of pyridine rings is 1. The maximum absolute atomic E-state index is 14.0. The highest BCUT2D eigenvalue weighted by Gasteiger charge is 2.29. The highest BCUT2D eigenvalue weighted by molar-refractivity contribution is 5.81. The van der Waals surface area contributed by atoms with Crippen LogP contribution in [0.25, 0.3) is 10.9 Å². The van der Waals surface area contributed by atoms with Crippen molar-refractivity contribution in [3.8, 4) is 5.75 Å². The van der Waals surface area contributed by atoms with E-state index in [-0.39, 0.29) is 5.82 Å². The largest absolute Gasteiger partial charge is 0.497 e.